The zero-order valence-corrected chi connectivity index (χ0v) is 11.1. The molecular weight excluding hydrogens is 234 g/mol. The fourth-order valence-electron chi connectivity index (χ4n) is 1.68. The van der Waals surface area contributed by atoms with Crippen LogP contribution in [0.5, 0.6) is 11.5 Å². The Kier molecular flexibility index (Phi) is 4.97. The summed E-state index contributed by atoms with van der Waals surface area (Å²) in [7, 11) is 2.85. The Hall–Kier alpha value is -1.75. The Labute approximate surface area is 107 Å². The van der Waals surface area contributed by atoms with Gasteiger partial charge in [-0.25, -0.2) is 0 Å². The van der Waals surface area contributed by atoms with Crippen molar-refractivity contribution in [2.24, 2.45) is 0 Å². The van der Waals surface area contributed by atoms with E-state index in [1.165, 1.54) is 14.2 Å². The smallest absolute Gasteiger partial charge is 0.322 e. The van der Waals surface area contributed by atoms with Crippen molar-refractivity contribution in [3.63, 3.8) is 0 Å². The van der Waals surface area contributed by atoms with Crippen molar-refractivity contribution in [2.45, 2.75) is 25.9 Å². The molecule has 0 amide bonds. The maximum absolute atomic E-state index is 11.3. The molecular formula is C13H19NO4. The number of phenols is 1. The van der Waals surface area contributed by atoms with E-state index in [0.717, 1.165) is 5.56 Å². The highest BCUT2D eigenvalue weighted by molar-refractivity contribution is 5.75. The maximum atomic E-state index is 11.3. The minimum absolute atomic E-state index is 0.0615. The van der Waals surface area contributed by atoms with Crippen LogP contribution in [-0.4, -0.2) is 31.3 Å². The van der Waals surface area contributed by atoms with Gasteiger partial charge in [0.15, 0.2) is 11.5 Å². The zero-order chi connectivity index (χ0) is 13.7. The average molecular weight is 253 g/mol. The molecule has 0 radical (unpaired) electrons. The molecule has 0 aliphatic heterocycles. The minimum Gasteiger partial charge on any atom is -0.504 e. The molecule has 1 rings (SSSR count). The number of methoxy groups -OCH3 is 2. The van der Waals surface area contributed by atoms with Gasteiger partial charge in [0.2, 0.25) is 0 Å². The Balaban J connectivity index is 2.78. The van der Waals surface area contributed by atoms with Crippen molar-refractivity contribution < 1.29 is 19.4 Å². The SMILES string of the molecule is COC(=O)[C@H](C)NC(C)c1ccc(O)c(OC)c1. The lowest BCUT2D eigenvalue weighted by Crippen LogP contribution is -2.36. The van der Waals surface area contributed by atoms with E-state index in [-0.39, 0.29) is 17.8 Å². The Morgan fingerprint density at radius 2 is 2.00 bits per heavy atom. The van der Waals surface area contributed by atoms with Crippen LogP contribution in [-0.2, 0) is 9.53 Å². The molecule has 0 spiro atoms. The molecule has 0 saturated heterocycles. The fraction of sp³-hybridized carbons (Fsp3) is 0.462. The monoisotopic (exact) mass is 253 g/mol. The largest absolute Gasteiger partial charge is 0.504 e. The topological polar surface area (TPSA) is 67.8 Å². The molecule has 0 saturated carbocycles. The summed E-state index contributed by atoms with van der Waals surface area (Å²) in [5.41, 5.74) is 0.917. The second-order valence-corrected chi connectivity index (χ2v) is 4.06. The molecule has 1 aromatic carbocycles. The van der Waals surface area contributed by atoms with Crippen molar-refractivity contribution in [1.29, 1.82) is 0 Å². The van der Waals surface area contributed by atoms with Gasteiger partial charge < -0.3 is 14.6 Å². The summed E-state index contributed by atoms with van der Waals surface area (Å²) < 4.78 is 9.69. The molecule has 1 aromatic rings. The van der Waals surface area contributed by atoms with Gasteiger partial charge in [-0.3, -0.25) is 10.1 Å². The highest BCUT2D eigenvalue weighted by Gasteiger charge is 2.17. The molecule has 0 aliphatic carbocycles. The van der Waals surface area contributed by atoms with Gasteiger partial charge >= 0.3 is 5.97 Å². The average Bonchev–Trinajstić information content (AvgIpc) is 2.37. The number of nitrogens with one attached hydrogen (secondary N) is 1. The van der Waals surface area contributed by atoms with Crippen molar-refractivity contribution in [2.75, 3.05) is 14.2 Å². The van der Waals surface area contributed by atoms with E-state index in [1.54, 1.807) is 25.1 Å². The number of ether oxygens (including phenoxy) is 2. The quantitative estimate of drug-likeness (QED) is 0.780. The van der Waals surface area contributed by atoms with Crippen molar-refractivity contribution in [3.8, 4) is 11.5 Å². The van der Waals surface area contributed by atoms with Gasteiger partial charge in [-0.05, 0) is 31.5 Å². The molecule has 5 heteroatoms. The maximum Gasteiger partial charge on any atom is 0.322 e. The van der Waals surface area contributed by atoms with E-state index in [1.807, 2.05) is 6.92 Å². The summed E-state index contributed by atoms with van der Waals surface area (Å²) in [6.45, 7) is 3.66. The van der Waals surface area contributed by atoms with Crippen LogP contribution in [0.25, 0.3) is 0 Å². The zero-order valence-electron chi connectivity index (χ0n) is 11.1. The molecule has 1 unspecified atom stereocenters. The van der Waals surface area contributed by atoms with E-state index >= 15 is 0 Å². The first-order valence-electron chi connectivity index (χ1n) is 5.70. The summed E-state index contributed by atoms with van der Waals surface area (Å²) in [5.74, 6) is 0.189. The molecule has 0 aliphatic rings. The number of esters is 1. The number of aromatic hydroxyl groups is 1. The lowest BCUT2D eigenvalue weighted by Gasteiger charge is -2.19. The standard InChI is InChI=1S/C13H19NO4/c1-8(14-9(2)13(16)18-4)10-5-6-11(15)12(7-10)17-3/h5-9,14-15H,1-4H3/t8?,9-/m0/s1. The summed E-state index contributed by atoms with van der Waals surface area (Å²) in [4.78, 5) is 11.3. The van der Waals surface area contributed by atoms with Crippen LogP contribution in [0.15, 0.2) is 18.2 Å². The fourth-order valence-corrected chi connectivity index (χ4v) is 1.68. The van der Waals surface area contributed by atoms with Crippen molar-refractivity contribution in [1.82, 2.24) is 5.32 Å². The second-order valence-electron chi connectivity index (χ2n) is 4.06. The first-order valence-corrected chi connectivity index (χ1v) is 5.70. The lowest BCUT2D eigenvalue weighted by molar-refractivity contribution is -0.142. The predicted molar refractivity (Wildman–Crippen MR) is 67.7 cm³/mol. The van der Waals surface area contributed by atoms with Crippen molar-refractivity contribution >= 4 is 5.97 Å². The highest BCUT2D eigenvalue weighted by atomic mass is 16.5. The van der Waals surface area contributed by atoms with E-state index < -0.39 is 6.04 Å². The van der Waals surface area contributed by atoms with Gasteiger partial charge in [0.05, 0.1) is 14.2 Å². The van der Waals surface area contributed by atoms with Crippen LogP contribution in [0.4, 0.5) is 0 Å². The van der Waals surface area contributed by atoms with E-state index in [2.05, 4.69) is 10.1 Å². The van der Waals surface area contributed by atoms with Gasteiger partial charge in [0, 0.05) is 6.04 Å². The number of carbonyl (C=O) groups is 1. The third-order valence-corrected chi connectivity index (χ3v) is 2.76. The summed E-state index contributed by atoms with van der Waals surface area (Å²) in [6.07, 6.45) is 0. The van der Waals surface area contributed by atoms with Crippen LogP contribution in [0.1, 0.15) is 25.5 Å². The Morgan fingerprint density at radius 1 is 1.33 bits per heavy atom. The Bertz CT molecular complexity index is 419. The molecule has 100 valence electrons. The van der Waals surface area contributed by atoms with Gasteiger partial charge in [0.25, 0.3) is 0 Å². The first-order chi connectivity index (χ1) is 8.49. The molecule has 2 N–H and O–H groups in total. The van der Waals surface area contributed by atoms with Gasteiger partial charge in [-0.1, -0.05) is 6.07 Å². The Morgan fingerprint density at radius 3 is 2.56 bits per heavy atom. The molecule has 18 heavy (non-hydrogen) atoms. The minimum atomic E-state index is -0.398. The van der Waals surface area contributed by atoms with E-state index in [4.69, 9.17) is 4.74 Å². The molecule has 0 aromatic heterocycles. The first kappa shape index (κ1) is 14.3. The number of phenolic OH excluding ortho intramolecular Hbond substituents is 1. The lowest BCUT2D eigenvalue weighted by atomic mass is 10.1. The molecule has 0 heterocycles. The van der Waals surface area contributed by atoms with Crippen LogP contribution in [0, 0.1) is 0 Å². The molecule has 2 atom stereocenters. The van der Waals surface area contributed by atoms with E-state index in [9.17, 15) is 9.90 Å². The van der Waals surface area contributed by atoms with Gasteiger partial charge in [-0.2, -0.15) is 0 Å². The predicted octanol–water partition coefficient (Wildman–Crippen LogP) is 1.61. The normalized spacial score (nSPS) is 13.8. The number of carbonyl (C=O) groups excluding carboxylic acids is 1. The van der Waals surface area contributed by atoms with Gasteiger partial charge in [-0.15, -0.1) is 0 Å². The number of benzene rings is 1. The molecule has 5 nitrogen and oxygen atoms in total. The summed E-state index contributed by atoms with van der Waals surface area (Å²) in [5, 5.41) is 12.6. The number of hydrogen-bond acceptors (Lipinski definition) is 5. The molecule has 0 fully saturated rings. The van der Waals surface area contributed by atoms with Crippen molar-refractivity contribution in [3.05, 3.63) is 23.8 Å². The second kappa shape index (κ2) is 6.26. The number of rotatable bonds is 5. The summed E-state index contributed by atoms with van der Waals surface area (Å²) in [6, 6.07) is 4.62. The van der Waals surface area contributed by atoms with Gasteiger partial charge in [0.1, 0.15) is 6.04 Å². The highest BCUT2D eigenvalue weighted by Crippen LogP contribution is 2.28. The number of hydrogen-bond donors (Lipinski definition) is 2. The molecule has 0 bridgehead atoms. The third kappa shape index (κ3) is 3.37. The summed E-state index contributed by atoms with van der Waals surface area (Å²) >= 11 is 0. The van der Waals surface area contributed by atoms with Crippen LogP contribution in [0.2, 0.25) is 0 Å². The van der Waals surface area contributed by atoms with E-state index in [0.29, 0.717) is 5.75 Å². The van der Waals surface area contributed by atoms with Crippen LogP contribution >= 0.6 is 0 Å². The third-order valence-electron chi connectivity index (χ3n) is 2.76. The van der Waals surface area contributed by atoms with Crippen LogP contribution in [0.3, 0.4) is 0 Å². The van der Waals surface area contributed by atoms with Crippen LogP contribution < -0.4 is 10.1 Å².